The minimum atomic E-state index is 0.581. The molecule has 1 aromatic rings. The average Bonchev–Trinajstić information content (AvgIpc) is 2.38. The minimum absolute atomic E-state index is 0.581. The Labute approximate surface area is 113 Å². The molecule has 0 fully saturated rings. The van der Waals surface area contributed by atoms with Gasteiger partial charge < -0.3 is 5.32 Å². The first-order valence-corrected chi connectivity index (χ1v) is 7.44. The van der Waals surface area contributed by atoms with Gasteiger partial charge in [-0.1, -0.05) is 70.9 Å². The van der Waals surface area contributed by atoms with Crippen molar-refractivity contribution in [2.45, 2.75) is 53.0 Å². The van der Waals surface area contributed by atoms with E-state index >= 15 is 0 Å². The van der Waals surface area contributed by atoms with E-state index in [9.17, 15) is 0 Å². The molecular formula is C17H29N. The largest absolute Gasteiger partial charge is 0.314 e. The normalized spacial score (nSPS) is 13.2. The van der Waals surface area contributed by atoms with Crippen LogP contribution in [-0.4, -0.2) is 12.6 Å². The van der Waals surface area contributed by atoms with Crippen LogP contribution < -0.4 is 5.32 Å². The summed E-state index contributed by atoms with van der Waals surface area (Å²) in [5.41, 5.74) is 1.47. The lowest BCUT2D eigenvalue weighted by atomic mass is 9.83. The molecule has 1 aromatic carbocycles. The van der Waals surface area contributed by atoms with Crippen molar-refractivity contribution in [3.05, 3.63) is 35.9 Å². The molecule has 102 valence electrons. The number of hydrogen-bond acceptors (Lipinski definition) is 1. The second-order valence-corrected chi connectivity index (χ2v) is 5.59. The lowest BCUT2D eigenvalue weighted by Crippen LogP contribution is -2.33. The molecule has 0 aliphatic rings. The highest BCUT2D eigenvalue weighted by Gasteiger charge is 2.18. The van der Waals surface area contributed by atoms with Crippen LogP contribution in [0.15, 0.2) is 30.3 Å². The Kier molecular flexibility index (Phi) is 7.04. The third-order valence-corrected chi connectivity index (χ3v) is 3.84. The maximum absolute atomic E-state index is 3.61. The quantitative estimate of drug-likeness (QED) is 0.723. The topological polar surface area (TPSA) is 12.0 Å². The van der Waals surface area contributed by atoms with Crippen LogP contribution >= 0.6 is 0 Å². The Morgan fingerprint density at radius 1 is 0.944 bits per heavy atom. The summed E-state index contributed by atoms with van der Waals surface area (Å²) in [5.74, 6) is 1.58. The van der Waals surface area contributed by atoms with Crippen molar-refractivity contribution < 1.29 is 0 Å². The number of nitrogens with one attached hydrogen (secondary N) is 1. The van der Waals surface area contributed by atoms with Gasteiger partial charge in [0.1, 0.15) is 0 Å². The fraction of sp³-hybridized carbons (Fsp3) is 0.647. The van der Waals surface area contributed by atoms with Crippen LogP contribution in [0.3, 0.4) is 0 Å². The summed E-state index contributed by atoms with van der Waals surface area (Å²) in [7, 11) is 0. The van der Waals surface area contributed by atoms with Crippen molar-refractivity contribution >= 4 is 0 Å². The number of benzene rings is 1. The van der Waals surface area contributed by atoms with Crippen molar-refractivity contribution in [1.82, 2.24) is 5.32 Å². The summed E-state index contributed by atoms with van der Waals surface area (Å²) in [4.78, 5) is 0. The molecule has 1 N–H and O–H groups in total. The van der Waals surface area contributed by atoms with Crippen molar-refractivity contribution in [3.63, 3.8) is 0 Å². The maximum atomic E-state index is 3.61. The van der Waals surface area contributed by atoms with E-state index in [1.807, 2.05) is 0 Å². The van der Waals surface area contributed by atoms with Crippen molar-refractivity contribution in [2.75, 3.05) is 6.54 Å². The first kappa shape index (κ1) is 15.2. The van der Waals surface area contributed by atoms with E-state index in [2.05, 4.69) is 63.3 Å². The fourth-order valence-corrected chi connectivity index (χ4v) is 2.66. The second-order valence-electron chi connectivity index (χ2n) is 5.59. The summed E-state index contributed by atoms with van der Waals surface area (Å²) in [6.07, 6.45) is 3.77. The molecule has 0 heterocycles. The van der Waals surface area contributed by atoms with E-state index in [0.717, 1.165) is 18.4 Å². The SMILES string of the molecule is CCC(CC)C(CNC(C)C)Cc1ccccc1. The van der Waals surface area contributed by atoms with Crippen LogP contribution in [0.4, 0.5) is 0 Å². The molecule has 0 aromatic heterocycles. The van der Waals surface area contributed by atoms with Crippen LogP contribution in [0.5, 0.6) is 0 Å². The lowest BCUT2D eigenvalue weighted by Gasteiger charge is -2.27. The van der Waals surface area contributed by atoms with E-state index in [4.69, 9.17) is 0 Å². The van der Waals surface area contributed by atoms with Gasteiger partial charge in [-0.3, -0.25) is 0 Å². The highest BCUT2D eigenvalue weighted by atomic mass is 14.9. The zero-order chi connectivity index (χ0) is 13.4. The van der Waals surface area contributed by atoms with Crippen LogP contribution in [0.1, 0.15) is 46.1 Å². The van der Waals surface area contributed by atoms with E-state index in [1.165, 1.54) is 24.8 Å². The first-order chi connectivity index (χ1) is 8.67. The number of rotatable bonds is 8. The Morgan fingerprint density at radius 2 is 1.56 bits per heavy atom. The molecule has 1 rings (SSSR count). The van der Waals surface area contributed by atoms with Crippen molar-refractivity contribution in [2.24, 2.45) is 11.8 Å². The molecule has 0 aliphatic carbocycles. The predicted octanol–water partition coefficient (Wildman–Crippen LogP) is 4.28. The van der Waals surface area contributed by atoms with Gasteiger partial charge in [-0.2, -0.15) is 0 Å². The summed E-state index contributed by atoms with van der Waals surface area (Å²) >= 11 is 0. The molecule has 0 saturated carbocycles. The minimum Gasteiger partial charge on any atom is -0.314 e. The van der Waals surface area contributed by atoms with Crippen LogP contribution in [0, 0.1) is 11.8 Å². The summed E-state index contributed by atoms with van der Waals surface area (Å²) < 4.78 is 0. The first-order valence-electron chi connectivity index (χ1n) is 7.44. The van der Waals surface area contributed by atoms with E-state index < -0.39 is 0 Å². The Morgan fingerprint density at radius 3 is 2.06 bits per heavy atom. The van der Waals surface area contributed by atoms with E-state index in [1.54, 1.807) is 0 Å². The van der Waals surface area contributed by atoms with Crippen LogP contribution in [0.25, 0.3) is 0 Å². The second kappa shape index (κ2) is 8.31. The Hall–Kier alpha value is -0.820. The summed E-state index contributed by atoms with van der Waals surface area (Å²) in [5, 5.41) is 3.61. The molecule has 0 amide bonds. The van der Waals surface area contributed by atoms with Gasteiger partial charge in [0.2, 0.25) is 0 Å². The van der Waals surface area contributed by atoms with Gasteiger partial charge in [-0.05, 0) is 30.4 Å². The molecule has 1 heteroatoms. The molecule has 0 spiro atoms. The van der Waals surface area contributed by atoms with Crippen LogP contribution in [0.2, 0.25) is 0 Å². The third kappa shape index (κ3) is 5.22. The maximum Gasteiger partial charge on any atom is 0.00104 e. The van der Waals surface area contributed by atoms with Gasteiger partial charge >= 0.3 is 0 Å². The standard InChI is InChI=1S/C17H29N/c1-5-16(6-2)17(13-18-14(3)4)12-15-10-8-7-9-11-15/h7-11,14,16-18H,5-6,12-13H2,1-4H3. The molecule has 0 aliphatic heterocycles. The van der Waals surface area contributed by atoms with Crippen molar-refractivity contribution in [1.29, 1.82) is 0 Å². The van der Waals surface area contributed by atoms with Gasteiger partial charge in [-0.15, -0.1) is 0 Å². The van der Waals surface area contributed by atoms with Crippen LogP contribution in [-0.2, 0) is 6.42 Å². The van der Waals surface area contributed by atoms with Gasteiger partial charge in [0.15, 0.2) is 0 Å². The zero-order valence-electron chi connectivity index (χ0n) is 12.4. The third-order valence-electron chi connectivity index (χ3n) is 3.84. The molecule has 1 atom stereocenters. The van der Waals surface area contributed by atoms with Crippen molar-refractivity contribution in [3.8, 4) is 0 Å². The molecule has 0 bridgehead atoms. The molecule has 0 radical (unpaired) electrons. The monoisotopic (exact) mass is 247 g/mol. The average molecular weight is 247 g/mol. The Bertz CT molecular complexity index is 301. The van der Waals surface area contributed by atoms with E-state index in [-0.39, 0.29) is 0 Å². The van der Waals surface area contributed by atoms with Gasteiger partial charge in [0.05, 0.1) is 0 Å². The molecule has 0 saturated heterocycles. The molecular weight excluding hydrogens is 218 g/mol. The highest BCUT2D eigenvalue weighted by molar-refractivity contribution is 5.15. The van der Waals surface area contributed by atoms with E-state index in [0.29, 0.717) is 6.04 Å². The predicted molar refractivity (Wildman–Crippen MR) is 80.8 cm³/mol. The smallest absolute Gasteiger partial charge is 0.00104 e. The highest BCUT2D eigenvalue weighted by Crippen LogP contribution is 2.23. The number of hydrogen-bond donors (Lipinski definition) is 1. The van der Waals surface area contributed by atoms with Gasteiger partial charge in [0, 0.05) is 6.04 Å². The van der Waals surface area contributed by atoms with Gasteiger partial charge in [0.25, 0.3) is 0 Å². The molecule has 18 heavy (non-hydrogen) atoms. The summed E-state index contributed by atoms with van der Waals surface area (Å²) in [6, 6.07) is 11.5. The molecule has 1 nitrogen and oxygen atoms in total. The Balaban J connectivity index is 2.64. The fourth-order valence-electron chi connectivity index (χ4n) is 2.66. The lowest BCUT2D eigenvalue weighted by molar-refractivity contribution is 0.291. The summed E-state index contributed by atoms with van der Waals surface area (Å²) in [6.45, 7) is 10.2. The zero-order valence-corrected chi connectivity index (χ0v) is 12.4. The molecule has 1 unspecified atom stereocenters. The van der Waals surface area contributed by atoms with Gasteiger partial charge in [-0.25, -0.2) is 0 Å².